The maximum Gasteiger partial charge on any atom is 0.251 e. The van der Waals surface area contributed by atoms with Crippen molar-refractivity contribution in [3.8, 4) is 0 Å². The summed E-state index contributed by atoms with van der Waals surface area (Å²) in [6.07, 6.45) is 3.92. The van der Waals surface area contributed by atoms with Gasteiger partial charge >= 0.3 is 0 Å². The maximum atomic E-state index is 12.4. The fourth-order valence-electron chi connectivity index (χ4n) is 3.31. The molecule has 3 N–H and O–H groups in total. The average Bonchev–Trinajstić information content (AvgIpc) is 2.91. The fourth-order valence-corrected chi connectivity index (χ4v) is 5.37. The van der Waals surface area contributed by atoms with E-state index in [0.29, 0.717) is 22.0 Å². The number of benzene rings is 1. The first kappa shape index (κ1) is 19.6. The molecule has 3 rings (SSSR count). The molecule has 1 aliphatic rings. The Morgan fingerprint density at radius 1 is 1.26 bits per heavy atom. The van der Waals surface area contributed by atoms with Crippen molar-refractivity contribution in [2.75, 3.05) is 11.6 Å². The standard InChI is InChI=1S/C19H22N2O4S2/c1-11-3-8-14-15(9-11)26-19(17(14)18(20)23)21-16(22)10-12-4-6-13(7-5-12)27(2,24)25/h4-7,11H,3,8-10H2,1-2H3,(H2,20,23)(H,21,22). The van der Waals surface area contributed by atoms with Crippen LogP contribution in [0.3, 0.4) is 0 Å². The van der Waals surface area contributed by atoms with Crippen molar-refractivity contribution in [3.05, 3.63) is 45.8 Å². The summed E-state index contributed by atoms with van der Waals surface area (Å²) in [5.74, 6) is -0.236. The quantitative estimate of drug-likeness (QED) is 0.796. The van der Waals surface area contributed by atoms with Crippen LogP contribution in [0.5, 0.6) is 0 Å². The van der Waals surface area contributed by atoms with Gasteiger partial charge in [0.1, 0.15) is 5.00 Å². The van der Waals surface area contributed by atoms with Gasteiger partial charge in [0.05, 0.1) is 16.9 Å². The molecule has 0 spiro atoms. The lowest BCUT2D eigenvalue weighted by molar-refractivity contribution is -0.115. The number of anilines is 1. The molecule has 2 aromatic rings. The zero-order valence-electron chi connectivity index (χ0n) is 15.2. The second kappa shape index (κ2) is 7.44. The molecule has 0 saturated carbocycles. The topological polar surface area (TPSA) is 106 Å². The summed E-state index contributed by atoms with van der Waals surface area (Å²) in [6.45, 7) is 2.17. The second-order valence-corrected chi connectivity index (χ2v) is 10.2. The van der Waals surface area contributed by atoms with Crippen LogP contribution in [-0.2, 0) is 33.9 Å². The van der Waals surface area contributed by atoms with Crippen LogP contribution < -0.4 is 11.1 Å². The number of primary amides is 1. The van der Waals surface area contributed by atoms with Crippen molar-refractivity contribution in [1.29, 1.82) is 0 Å². The molecular weight excluding hydrogens is 384 g/mol. The summed E-state index contributed by atoms with van der Waals surface area (Å²) in [5, 5.41) is 3.33. The molecule has 6 nitrogen and oxygen atoms in total. The highest BCUT2D eigenvalue weighted by Crippen LogP contribution is 2.39. The molecule has 0 aliphatic heterocycles. The number of carbonyl (C=O) groups is 2. The average molecular weight is 407 g/mol. The Hall–Kier alpha value is -2.19. The van der Waals surface area contributed by atoms with Crippen molar-refractivity contribution in [1.82, 2.24) is 0 Å². The van der Waals surface area contributed by atoms with Gasteiger partial charge in [0, 0.05) is 11.1 Å². The fraction of sp³-hybridized carbons (Fsp3) is 0.368. The molecular formula is C19H22N2O4S2. The lowest BCUT2D eigenvalue weighted by Gasteiger charge is -2.18. The molecule has 1 aromatic heterocycles. The molecule has 0 radical (unpaired) electrons. The Morgan fingerprint density at radius 2 is 1.93 bits per heavy atom. The first-order valence-corrected chi connectivity index (χ1v) is 11.4. The monoisotopic (exact) mass is 406 g/mol. The minimum atomic E-state index is -3.27. The van der Waals surface area contributed by atoms with Gasteiger partial charge in [-0.2, -0.15) is 0 Å². The van der Waals surface area contributed by atoms with Crippen LogP contribution in [0.2, 0.25) is 0 Å². The molecule has 2 amide bonds. The Kier molecular flexibility index (Phi) is 5.39. The number of rotatable bonds is 5. The Morgan fingerprint density at radius 3 is 2.52 bits per heavy atom. The molecule has 1 aromatic carbocycles. The van der Waals surface area contributed by atoms with Crippen LogP contribution in [0.4, 0.5) is 5.00 Å². The van der Waals surface area contributed by atoms with Crippen LogP contribution in [0.1, 0.15) is 39.7 Å². The van der Waals surface area contributed by atoms with Gasteiger partial charge in [0.2, 0.25) is 5.91 Å². The molecule has 0 saturated heterocycles. The lowest BCUT2D eigenvalue weighted by atomic mass is 9.88. The predicted molar refractivity (Wildman–Crippen MR) is 106 cm³/mol. The van der Waals surface area contributed by atoms with E-state index in [9.17, 15) is 18.0 Å². The zero-order valence-corrected chi connectivity index (χ0v) is 16.9. The summed E-state index contributed by atoms with van der Waals surface area (Å²) in [5.41, 5.74) is 7.66. The molecule has 27 heavy (non-hydrogen) atoms. The van der Waals surface area contributed by atoms with Gasteiger partial charge in [0.25, 0.3) is 5.91 Å². The highest BCUT2D eigenvalue weighted by Gasteiger charge is 2.27. The number of sulfone groups is 1. The van der Waals surface area contributed by atoms with Crippen molar-refractivity contribution in [3.63, 3.8) is 0 Å². The Balaban J connectivity index is 1.77. The summed E-state index contributed by atoms with van der Waals surface area (Å²) in [6, 6.07) is 6.20. The summed E-state index contributed by atoms with van der Waals surface area (Å²) < 4.78 is 23.0. The third kappa shape index (κ3) is 4.39. The number of amides is 2. The number of hydrogen-bond acceptors (Lipinski definition) is 5. The van der Waals surface area contributed by atoms with Crippen LogP contribution in [0.25, 0.3) is 0 Å². The lowest BCUT2D eigenvalue weighted by Crippen LogP contribution is -2.20. The predicted octanol–water partition coefficient (Wildman–Crippen LogP) is 2.56. The molecule has 1 heterocycles. The van der Waals surface area contributed by atoms with Crippen molar-refractivity contribution >= 4 is 38.0 Å². The van der Waals surface area contributed by atoms with E-state index in [1.807, 2.05) is 0 Å². The third-order valence-electron chi connectivity index (χ3n) is 4.73. The summed E-state index contributed by atoms with van der Waals surface area (Å²) in [7, 11) is -3.27. The van der Waals surface area contributed by atoms with E-state index in [4.69, 9.17) is 5.73 Å². The van der Waals surface area contributed by atoms with Crippen molar-refractivity contribution in [2.45, 2.75) is 37.5 Å². The smallest absolute Gasteiger partial charge is 0.251 e. The van der Waals surface area contributed by atoms with Crippen LogP contribution in [0.15, 0.2) is 29.2 Å². The van der Waals surface area contributed by atoms with Gasteiger partial charge in [0.15, 0.2) is 9.84 Å². The number of carbonyl (C=O) groups excluding carboxylic acids is 2. The van der Waals surface area contributed by atoms with E-state index < -0.39 is 15.7 Å². The molecule has 0 bridgehead atoms. The van der Waals surface area contributed by atoms with Gasteiger partial charge in [-0.3, -0.25) is 9.59 Å². The first-order valence-electron chi connectivity index (χ1n) is 8.68. The molecule has 1 atom stereocenters. The van der Waals surface area contributed by atoms with E-state index in [1.165, 1.54) is 23.5 Å². The van der Waals surface area contributed by atoms with E-state index in [1.54, 1.807) is 12.1 Å². The molecule has 144 valence electrons. The number of hydrogen-bond donors (Lipinski definition) is 2. The largest absolute Gasteiger partial charge is 0.365 e. The minimum Gasteiger partial charge on any atom is -0.365 e. The van der Waals surface area contributed by atoms with Crippen LogP contribution in [-0.4, -0.2) is 26.5 Å². The Bertz CT molecular complexity index is 991. The van der Waals surface area contributed by atoms with E-state index in [0.717, 1.165) is 36.0 Å². The number of nitrogens with one attached hydrogen (secondary N) is 1. The highest BCUT2D eigenvalue weighted by atomic mass is 32.2. The number of nitrogens with two attached hydrogens (primary N) is 1. The molecule has 1 aliphatic carbocycles. The minimum absolute atomic E-state index is 0.0845. The normalized spacial score (nSPS) is 16.6. The second-order valence-electron chi connectivity index (χ2n) is 7.06. The highest BCUT2D eigenvalue weighted by molar-refractivity contribution is 7.90. The van der Waals surface area contributed by atoms with Gasteiger partial charge in [-0.15, -0.1) is 11.3 Å². The maximum absolute atomic E-state index is 12.4. The molecule has 0 fully saturated rings. The van der Waals surface area contributed by atoms with E-state index >= 15 is 0 Å². The van der Waals surface area contributed by atoms with Crippen LogP contribution in [0, 0.1) is 5.92 Å². The molecule has 8 heteroatoms. The van der Waals surface area contributed by atoms with E-state index in [2.05, 4.69) is 12.2 Å². The summed E-state index contributed by atoms with van der Waals surface area (Å²) >= 11 is 1.43. The van der Waals surface area contributed by atoms with E-state index in [-0.39, 0.29) is 17.2 Å². The third-order valence-corrected chi connectivity index (χ3v) is 7.03. The number of thiophene rings is 1. The van der Waals surface area contributed by atoms with Crippen molar-refractivity contribution in [2.24, 2.45) is 11.7 Å². The van der Waals surface area contributed by atoms with Crippen molar-refractivity contribution < 1.29 is 18.0 Å². The van der Waals surface area contributed by atoms with Gasteiger partial charge in [-0.1, -0.05) is 19.1 Å². The van der Waals surface area contributed by atoms with Crippen LogP contribution >= 0.6 is 11.3 Å². The summed E-state index contributed by atoms with van der Waals surface area (Å²) in [4.78, 5) is 25.7. The van der Waals surface area contributed by atoms with Gasteiger partial charge in [-0.05, 0) is 48.4 Å². The zero-order chi connectivity index (χ0) is 19.8. The first-order chi connectivity index (χ1) is 12.6. The van der Waals surface area contributed by atoms with Gasteiger partial charge < -0.3 is 11.1 Å². The van der Waals surface area contributed by atoms with Gasteiger partial charge in [-0.25, -0.2) is 8.42 Å². The molecule has 1 unspecified atom stereocenters. The SMILES string of the molecule is CC1CCc2c(sc(NC(=O)Cc3ccc(S(C)(=O)=O)cc3)c2C(N)=O)C1. The Labute approximate surface area is 162 Å². The number of fused-ring (bicyclic) bond motifs is 1.